The van der Waals surface area contributed by atoms with Crippen LogP contribution in [0.2, 0.25) is 0 Å². The molecule has 1 atom stereocenters. The summed E-state index contributed by atoms with van der Waals surface area (Å²) in [6.07, 6.45) is 2.33. The van der Waals surface area contributed by atoms with E-state index in [1.165, 1.54) is 10.4 Å². The third-order valence-electron chi connectivity index (χ3n) is 5.66. The van der Waals surface area contributed by atoms with Gasteiger partial charge < -0.3 is 15.0 Å². The number of rotatable bonds is 8. The number of benzene rings is 2. The van der Waals surface area contributed by atoms with Crippen LogP contribution in [0.25, 0.3) is 0 Å². The molecule has 0 bridgehead atoms. The summed E-state index contributed by atoms with van der Waals surface area (Å²) in [6, 6.07) is 18.6. The van der Waals surface area contributed by atoms with Crippen molar-refractivity contribution in [2.24, 2.45) is 0 Å². The Labute approximate surface area is 193 Å². The van der Waals surface area contributed by atoms with Gasteiger partial charge >= 0.3 is 0 Å². The molecule has 0 aliphatic carbocycles. The fraction of sp³-hybridized carbons (Fsp3) is 0.308. The molecule has 2 aromatic carbocycles. The zero-order valence-corrected chi connectivity index (χ0v) is 19.1. The van der Waals surface area contributed by atoms with Crippen LogP contribution in [-0.4, -0.2) is 29.3 Å². The Bertz CT molecular complexity index is 1050. The third kappa shape index (κ3) is 5.37. The highest BCUT2D eigenvalue weighted by atomic mass is 32.1. The summed E-state index contributed by atoms with van der Waals surface area (Å²) in [5, 5.41) is 5.04. The Hall–Kier alpha value is -3.12. The van der Waals surface area contributed by atoms with Crippen molar-refractivity contribution in [2.45, 2.75) is 45.4 Å². The van der Waals surface area contributed by atoms with Gasteiger partial charge in [0, 0.05) is 23.5 Å². The number of fused-ring (bicyclic) bond motifs is 1. The topological polar surface area (TPSA) is 58.6 Å². The second kappa shape index (κ2) is 10.5. The molecular formula is C26H28N2O3S. The number of amides is 2. The number of nitrogens with zero attached hydrogens (tertiary/aromatic N) is 1. The van der Waals surface area contributed by atoms with Crippen LogP contribution in [-0.2, 0) is 24.4 Å². The molecule has 0 radical (unpaired) electrons. The number of hydrogen-bond donors (Lipinski definition) is 1. The minimum atomic E-state index is -0.512. The molecule has 2 amide bonds. The van der Waals surface area contributed by atoms with Crippen molar-refractivity contribution in [3.8, 4) is 5.75 Å². The predicted octanol–water partition coefficient (Wildman–Crippen LogP) is 4.81. The van der Waals surface area contributed by atoms with E-state index in [0.717, 1.165) is 18.4 Å². The van der Waals surface area contributed by atoms with Gasteiger partial charge in [0.15, 0.2) is 0 Å². The molecule has 0 saturated carbocycles. The fourth-order valence-electron chi connectivity index (χ4n) is 3.89. The average Bonchev–Trinajstić information content (AvgIpc) is 3.31. The third-order valence-corrected chi connectivity index (χ3v) is 6.69. The second-order valence-electron chi connectivity index (χ2n) is 7.99. The van der Waals surface area contributed by atoms with E-state index in [0.29, 0.717) is 37.4 Å². The lowest BCUT2D eigenvalue weighted by Gasteiger charge is -2.31. The zero-order valence-electron chi connectivity index (χ0n) is 18.3. The van der Waals surface area contributed by atoms with Gasteiger partial charge in [-0.3, -0.25) is 9.59 Å². The van der Waals surface area contributed by atoms with E-state index in [1.54, 1.807) is 35.6 Å². The molecule has 166 valence electrons. The number of nitrogens with one attached hydrogen (secondary N) is 1. The molecule has 1 N–H and O–H groups in total. The van der Waals surface area contributed by atoms with Crippen LogP contribution >= 0.6 is 11.3 Å². The van der Waals surface area contributed by atoms with E-state index in [1.807, 2.05) is 42.2 Å². The molecule has 0 saturated heterocycles. The number of hydrogen-bond acceptors (Lipinski definition) is 4. The first-order valence-electron chi connectivity index (χ1n) is 11.1. The van der Waals surface area contributed by atoms with Gasteiger partial charge in [0.2, 0.25) is 5.91 Å². The molecule has 4 rings (SSSR count). The van der Waals surface area contributed by atoms with Gasteiger partial charge in [-0.1, -0.05) is 43.7 Å². The van der Waals surface area contributed by atoms with Crippen molar-refractivity contribution < 1.29 is 14.3 Å². The van der Waals surface area contributed by atoms with Crippen LogP contribution in [0.15, 0.2) is 66.0 Å². The van der Waals surface area contributed by atoms with E-state index >= 15 is 0 Å². The highest BCUT2D eigenvalue weighted by molar-refractivity contribution is 7.10. The summed E-state index contributed by atoms with van der Waals surface area (Å²) < 4.78 is 5.79. The molecule has 5 nitrogen and oxygen atoms in total. The van der Waals surface area contributed by atoms with Crippen molar-refractivity contribution in [1.29, 1.82) is 0 Å². The minimum absolute atomic E-state index is 0.000125. The normalized spacial score (nSPS) is 13.8. The first-order valence-corrected chi connectivity index (χ1v) is 11.9. The molecule has 6 heteroatoms. The maximum Gasteiger partial charge on any atom is 0.251 e. The van der Waals surface area contributed by atoms with Gasteiger partial charge in [0.25, 0.3) is 5.91 Å². The van der Waals surface area contributed by atoms with Gasteiger partial charge in [0.1, 0.15) is 18.4 Å². The molecule has 1 unspecified atom stereocenters. The van der Waals surface area contributed by atoms with Crippen LogP contribution in [0, 0.1) is 0 Å². The monoisotopic (exact) mass is 448 g/mol. The Kier molecular flexibility index (Phi) is 7.22. The number of carbonyl (C=O) groups excluding carboxylic acids is 2. The van der Waals surface area contributed by atoms with Crippen LogP contribution in [0.1, 0.15) is 46.1 Å². The number of thiophene rings is 1. The highest BCUT2D eigenvalue weighted by Gasteiger charge is 2.28. The summed E-state index contributed by atoms with van der Waals surface area (Å²) in [7, 11) is 0. The maximum atomic E-state index is 13.2. The standard InChI is InChI=1S/C26H28N2O3S/c1-2-6-23(26(30)28-15-13-24-21(17-28)14-16-32-24)27-25(29)20-9-11-22(12-10-20)31-18-19-7-4-3-5-8-19/h3-5,7-12,14,16,23H,2,6,13,15,17-18H2,1H3,(H,27,29). The number of carbonyl (C=O) groups is 2. The zero-order chi connectivity index (χ0) is 22.3. The highest BCUT2D eigenvalue weighted by Crippen LogP contribution is 2.25. The molecule has 1 aromatic heterocycles. The molecule has 0 fully saturated rings. The summed E-state index contributed by atoms with van der Waals surface area (Å²) in [5.74, 6) is 0.464. The Morgan fingerprint density at radius 2 is 1.88 bits per heavy atom. The summed E-state index contributed by atoms with van der Waals surface area (Å²) in [5.41, 5.74) is 2.83. The number of ether oxygens (including phenoxy) is 1. The smallest absolute Gasteiger partial charge is 0.251 e. The van der Waals surface area contributed by atoms with Crippen molar-refractivity contribution in [1.82, 2.24) is 10.2 Å². The van der Waals surface area contributed by atoms with Crippen molar-refractivity contribution in [3.05, 3.63) is 87.6 Å². The minimum Gasteiger partial charge on any atom is -0.489 e. The quantitative estimate of drug-likeness (QED) is 0.538. The van der Waals surface area contributed by atoms with Crippen LogP contribution in [0.4, 0.5) is 0 Å². The van der Waals surface area contributed by atoms with E-state index in [-0.39, 0.29) is 11.8 Å². The Morgan fingerprint density at radius 3 is 2.62 bits per heavy atom. The predicted molar refractivity (Wildman–Crippen MR) is 127 cm³/mol. The second-order valence-corrected chi connectivity index (χ2v) is 8.99. The maximum absolute atomic E-state index is 13.2. The SMILES string of the molecule is CCCC(NC(=O)c1ccc(OCc2ccccc2)cc1)C(=O)N1CCc2sccc2C1. The Balaban J connectivity index is 1.35. The molecule has 3 aromatic rings. The van der Waals surface area contributed by atoms with Gasteiger partial charge in [0.05, 0.1) is 0 Å². The molecule has 0 spiro atoms. The van der Waals surface area contributed by atoms with E-state index in [2.05, 4.69) is 16.8 Å². The van der Waals surface area contributed by atoms with Gasteiger partial charge in [-0.25, -0.2) is 0 Å². The summed E-state index contributed by atoms with van der Waals surface area (Å²) in [6.45, 7) is 3.83. The molecule has 1 aliphatic rings. The van der Waals surface area contributed by atoms with Gasteiger partial charge in [-0.15, -0.1) is 11.3 Å². The molecule has 1 aliphatic heterocycles. The van der Waals surface area contributed by atoms with E-state index in [9.17, 15) is 9.59 Å². The lowest BCUT2D eigenvalue weighted by Crippen LogP contribution is -2.49. The van der Waals surface area contributed by atoms with Crippen molar-refractivity contribution in [3.63, 3.8) is 0 Å². The van der Waals surface area contributed by atoms with Crippen LogP contribution in [0.3, 0.4) is 0 Å². The summed E-state index contributed by atoms with van der Waals surface area (Å²) in [4.78, 5) is 29.2. The lowest BCUT2D eigenvalue weighted by molar-refractivity contribution is -0.134. The van der Waals surface area contributed by atoms with Gasteiger partial charge in [-0.05, 0) is 59.7 Å². The van der Waals surface area contributed by atoms with E-state index in [4.69, 9.17) is 4.74 Å². The van der Waals surface area contributed by atoms with Crippen molar-refractivity contribution in [2.75, 3.05) is 6.54 Å². The van der Waals surface area contributed by atoms with Crippen LogP contribution < -0.4 is 10.1 Å². The molecule has 32 heavy (non-hydrogen) atoms. The van der Waals surface area contributed by atoms with E-state index < -0.39 is 6.04 Å². The molecular weight excluding hydrogens is 420 g/mol. The van der Waals surface area contributed by atoms with Crippen LogP contribution in [0.5, 0.6) is 5.75 Å². The largest absolute Gasteiger partial charge is 0.489 e. The Morgan fingerprint density at radius 1 is 1.09 bits per heavy atom. The van der Waals surface area contributed by atoms with Gasteiger partial charge in [-0.2, -0.15) is 0 Å². The van der Waals surface area contributed by atoms with Crippen molar-refractivity contribution >= 4 is 23.2 Å². The first-order chi connectivity index (χ1) is 15.6. The lowest BCUT2D eigenvalue weighted by atomic mass is 10.1. The molecule has 2 heterocycles. The first kappa shape index (κ1) is 22.1. The fourth-order valence-corrected chi connectivity index (χ4v) is 4.78. The average molecular weight is 449 g/mol. The summed E-state index contributed by atoms with van der Waals surface area (Å²) >= 11 is 1.75.